The van der Waals surface area contributed by atoms with E-state index in [0.29, 0.717) is 6.61 Å². The topological polar surface area (TPSA) is 41.5 Å². The third-order valence-electron chi connectivity index (χ3n) is 2.29. The molecule has 78 valence electrons. The molecular weight excluding hydrogens is 166 g/mol. The zero-order chi connectivity index (χ0) is 9.95. The van der Waals surface area contributed by atoms with Gasteiger partial charge in [0.2, 0.25) is 0 Å². The fourth-order valence-electron chi connectivity index (χ4n) is 1.22. The van der Waals surface area contributed by atoms with Gasteiger partial charge in [-0.2, -0.15) is 0 Å². The van der Waals surface area contributed by atoms with Crippen molar-refractivity contribution in [2.24, 2.45) is 0 Å². The van der Waals surface area contributed by atoms with Crippen LogP contribution >= 0.6 is 0 Å². The number of nitrogens with one attached hydrogen (secondary N) is 1. The van der Waals surface area contributed by atoms with Crippen molar-refractivity contribution >= 4 is 0 Å². The van der Waals surface area contributed by atoms with Gasteiger partial charge in [-0.1, -0.05) is 0 Å². The van der Waals surface area contributed by atoms with Crippen molar-refractivity contribution in [1.29, 1.82) is 0 Å². The molecule has 1 saturated carbocycles. The summed E-state index contributed by atoms with van der Waals surface area (Å²) < 4.78 is 5.55. The predicted octanol–water partition coefficient (Wildman–Crippen LogP) is 0.916. The Labute approximate surface area is 80.5 Å². The average molecular weight is 187 g/mol. The summed E-state index contributed by atoms with van der Waals surface area (Å²) in [6.45, 7) is 7.94. The first-order chi connectivity index (χ1) is 5.97. The number of ether oxygens (including phenoxy) is 1. The second-order valence-electron chi connectivity index (χ2n) is 4.83. The lowest BCUT2D eigenvalue weighted by Crippen LogP contribution is -2.38. The van der Waals surface area contributed by atoms with Crippen LogP contribution in [0.4, 0.5) is 0 Å². The molecule has 0 unspecified atom stereocenters. The van der Waals surface area contributed by atoms with Gasteiger partial charge in [0.1, 0.15) is 0 Å². The summed E-state index contributed by atoms with van der Waals surface area (Å²) in [5, 5.41) is 12.3. The van der Waals surface area contributed by atoms with Crippen molar-refractivity contribution in [2.75, 3.05) is 19.8 Å². The van der Waals surface area contributed by atoms with E-state index >= 15 is 0 Å². The molecule has 1 aliphatic rings. The molecule has 13 heavy (non-hydrogen) atoms. The van der Waals surface area contributed by atoms with Gasteiger partial charge in [-0.05, 0) is 33.6 Å². The van der Waals surface area contributed by atoms with Crippen molar-refractivity contribution in [1.82, 2.24) is 5.32 Å². The van der Waals surface area contributed by atoms with Crippen LogP contribution in [0.15, 0.2) is 0 Å². The summed E-state index contributed by atoms with van der Waals surface area (Å²) in [5.74, 6) is 0. The van der Waals surface area contributed by atoms with Gasteiger partial charge >= 0.3 is 0 Å². The Kier molecular flexibility index (Phi) is 3.33. The summed E-state index contributed by atoms with van der Waals surface area (Å²) in [6.07, 6.45) is 2.19. The smallest absolute Gasteiger partial charge is 0.0613 e. The maximum Gasteiger partial charge on any atom is 0.0613 e. The summed E-state index contributed by atoms with van der Waals surface area (Å²) in [4.78, 5) is 0. The Bertz CT molecular complexity index is 159. The van der Waals surface area contributed by atoms with E-state index in [2.05, 4.69) is 5.32 Å². The average Bonchev–Trinajstić information content (AvgIpc) is 2.78. The largest absolute Gasteiger partial charge is 0.394 e. The number of hydrogen-bond acceptors (Lipinski definition) is 3. The van der Waals surface area contributed by atoms with Gasteiger partial charge in [0, 0.05) is 12.1 Å². The first-order valence-corrected chi connectivity index (χ1v) is 4.97. The predicted molar refractivity (Wildman–Crippen MR) is 52.8 cm³/mol. The number of rotatable bonds is 5. The Morgan fingerprint density at radius 1 is 1.38 bits per heavy atom. The van der Waals surface area contributed by atoms with Crippen LogP contribution in [0.5, 0.6) is 0 Å². The lowest BCUT2D eigenvalue weighted by molar-refractivity contribution is -0.00258. The highest BCUT2D eigenvalue weighted by Gasteiger charge is 2.41. The van der Waals surface area contributed by atoms with Crippen molar-refractivity contribution in [3.63, 3.8) is 0 Å². The molecule has 1 fully saturated rings. The third-order valence-corrected chi connectivity index (χ3v) is 2.29. The van der Waals surface area contributed by atoms with Crippen molar-refractivity contribution in [2.45, 2.75) is 44.8 Å². The van der Waals surface area contributed by atoms with Gasteiger partial charge < -0.3 is 15.2 Å². The molecule has 0 bridgehead atoms. The van der Waals surface area contributed by atoms with Gasteiger partial charge in [0.25, 0.3) is 0 Å². The summed E-state index contributed by atoms with van der Waals surface area (Å²) in [6, 6.07) is 0. The Morgan fingerprint density at radius 3 is 2.38 bits per heavy atom. The van der Waals surface area contributed by atoms with E-state index in [-0.39, 0.29) is 17.7 Å². The molecule has 0 aliphatic heterocycles. The van der Waals surface area contributed by atoms with Gasteiger partial charge in [-0.15, -0.1) is 0 Å². The molecule has 0 atom stereocenters. The first kappa shape index (κ1) is 11.0. The minimum absolute atomic E-state index is 0.0429. The lowest BCUT2D eigenvalue weighted by atomic mass is 10.2. The zero-order valence-corrected chi connectivity index (χ0v) is 8.89. The van der Waals surface area contributed by atoms with E-state index in [0.717, 1.165) is 19.4 Å². The maximum absolute atomic E-state index is 9.01. The van der Waals surface area contributed by atoms with Gasteiger partial charge in [0.05, 0.1) is 18.8 Å². The van der Waals surface area contributed by atoms with E-state index in [9.17, 15) is 0 Å². The molecule has 1 rings (SSSR count). The van der Waals surface area contributed by atoms with Gasteiger partial charge in [-0.3, -0.25) is 0 Å². The van der Waals surface area contributed by atoms with E-state index in [1.54, 1.807) is 0 Å². The van der Waals surface area contributed by atoms with Crippen LogP contribution in [0.1, 0.15) is 33.6 Å². The Hall–Kier alpha value is -0.120. The molecule has 2 N–H and O–H groups in total. The molecule has 0 saturated heterocycles. The van der Waals surface area contributed by atoms with Crippen LogP contribution in [0.3, 0.4) is 0 Å². The van der Waals surface area contributed by atoms with Crippen LogP contribution in [0.2, 0.25) is 0 Å². The molecular formula is C10H21NO2. The standard InChI is InChI=1S/C10H21NO2/c1-9(2,3)13-7-6-11-10(8-12)4-5-10/h11-12H,4-8H2,1-3H3. The molecule has 0 aromatic heterocycles. The van der Waals surface area contributed by atoms with Crippen LogP contribution in [-0.2, 0) is 4.74 Å². The molecule has 3 heteroatoms. The van der Waals surface area contributed by atoms with E-state index in [1.165, 1.54) is 0 Å². The molecule has 3 nitrogen and oxygen atoms in total. The SMILES string of the molecule is CC(C)(C)OCCNC1(CO)CC1. The number of hydrogen-bond donors (Lipinski definition) is 2. The molecule has 0 spiro atoms. The molecule has 0 heterocycles. The van der Waals surface area contributed by atoms with E-state index in [1.807, 2.05) is 20.8 Å². The number of aliphatic hydroxyl groups excluding tert-OH is 1. The van der Waals surface area contributed by atoms with Crippen molar-refractivity contribution in [3.05, 3.63) is 0 Å². The van der Waals surface area contributed by atoms with Gasteiger partial charge in [0.15, 0.2) is 0 Å². The minimum atomic E-state index is -0.0579. The lowest BCUT2D eigenvalue weighted by Gasteiger charge is -2.21. The fourth-order valence-corrected chi connectivity index (χ4v) is 1.22. The highest BCUT2D eigenvalue weighted by Crippen LogP contribution is 2.34. The van der Waals surface area contributed by atoms with E-state index in [4.69, 9.17) is 9.84 Å². The van der Waals surface area contributed by atoms with Crippen LogP contribution in [0, 0.1) is 0 Å². The Morgan fingerprint density at radius 2 is 2.00 bits per heavy atom. The monoisotopic (exact) mass is 187 g/mol. The van der Waals surface area contributed by atoms with Crippen LogP contribution in [0.25, 0.3) is 0 Å². The molecule has 0 amide bonds. The quantitative estimate of drug-likeness (QED) is 0.629. The summed E-state index contributed by atoms with van der Waals surface area (Å²) in [5.41, 5.74) is -0.0150. The Balaban J connectivity index is 2.02. The van der Waals surface area contributed by atoms with E-state index < -0.39 is 0 Å². The zero-order valence-electron chi connectivity index (χ0n) is 8.89. The number of aliphatic hydroxyl groups is 1. The molecule has 1 aliphatic carbocycles. The fraction of sp³-hybridized carbons (Fsp3) is 1.00. The van der Waals surface area contributed by atoms with Crippen LogP contribution in [-0.4, -0.2) is 36.0 Å². The highest BCUT2D eigenvalue weighted by molar-refractivity contribution is 5.01. The summed E-state index contributed by atoms with van der Waals surface area (Å²) >= 11 is 0. The molecule has 0 aromatic carbocycles. The summed E-state index contributed by atoms with van der Waals surface area (Å²) in [7, 11) is 0. The maximum atomic E-state index is 9.01. The normalized spacial score (nSPS) is 20.3. The third kappa shape index (κ3) is 4.07. The molecule has 0 radical (unpaired) electrons. The molecule has 0 aromatic rings. The highest BCUT2D eigenvalue weighted by atomic mass is 16.5. The minimum Gasteiger partial charge on any atom is -0.394 e. The van der Waals surface area contributed by atoms with Crippen LogP contribution < -0.4 is 5.32 Å². The second kappa shape index (κ2) is 3.95. The van der Waals surface area contributed by atoms with Gasteiger partial charge in [-0.25, -0.2) is 0 Å². The van der Waals surface area contributed by atoms with Crippen molar-refractivity contribution < 1.29 is 9.84 Å². The van der Waals surface area contributed by atoms with Crippen molar-refractivity contribution in [3.8, 4) is 0 Å². The first-order valence-electron chi connectivity index (χ1n) is 4.97. The second-order valence-corrected chi connectivity index (χ2v) is 4.83.